The first-order chi connectivity index (χ1) is 18.4. The van der Waals surface area contributed by atoms with E-state index in [2.05, 4.69) is 6.92 Å². The highest BCUT2D eigenvalue weighted by molar-refractivity contribution is 7.15. The van der Waals surface area contributed by atoms with Crippen LogP contribution in [0.3, 0.4) is 0 Å². The maximum Gasteiger partial charge on any atom is 0.340 e. The first-order valence-corrected chi connectivity index (χ1v) is 14.0. The van der Waals surface area contributed by atoms with Gasteiger partial charge in [0.1, 0.15) is 5.75 Å². The number of amides is 1. The molecule has 2 saturated carbocycles. The van der Waals surface area contributed by atoms with Crippen molar-refractivity contribution in [3.8, 4) is 10.8 Å². The van der Waals surface area contributed by atoms with Gasteiger partial charge in [-0.2, -0.15) is 0 Å². The molecular weight excluding hydrogens is 506 g/mol. The highest BCUT2D eigenvalue weighted by Gasteiger charge is 2.36. The molecule has 2 fully saturated rings. The zero-order valence-electron chi connectivity index (χ0n) is 22.6. The quantitative estimate of drug-likeness (QED) is 0.245. The van der Waals surface area contributed by atoms with Crippen LogP contribution in [0, 0.1) is 11.8 Å². The maximum atomic E-state index is 14.0. The Morgan fingerprint density at radius 1 is 1.03 bits per heavy atom. The first kappa shape index (κ1) is 28.3. The van der Waals surface area contributed by atoms with Crippen LogP contribution in [-0.4, -0.2) is 58.7 Å². The van der Waals surface area contributed by atoms with Crippen molar-refractivity contribution < 1.29 is 33.3 Å². The van der Waals surface area contributed by atoms with Crippen LogP contribution in [0.5, 0.6) is 10.8 Å². The van der Waals surface area contributed by atoms with E-state index in [1.807, 2.05) is 6.07 Å². The lowest BCUT2D eigenvalue weighted by molar-refractivity contribution is -0.124. The number of hydrogen-bond donors (Lipinski definition) is 0. The number of aldehydes is 1. The smallest absolute Gasteiger partial charge is 0.340 e. The molecule has 2 aliphatic rings. The number of hydrogen-bond acceptors (Lipinski definition) is 8. The predicted molar refractivity (Wildman–Crippen MR) is 146 cm³/mol. The van der Waals surface area contributed by atoms with Gasteiger partial charge >= 0.3 is 5.97 Å². The van der Waals surface area contributed by atoms with Gasteiger partial charge in [0.25, 0.3) is 0 Å². The molecule has 1 aromatic heterocycles. The maximum absolute atomic E-state index is 14.0. The minimum absolute atomic E-state index is 0.0419. The molecule has 2 aliphatic carbocycles. The van der Waals surface area contributed by atoms with E-state index in [0.717, 1.165) is 50.4 Å². The molecule has 0 spiro atoms. The van der Waals surface area contributed by atoms with Crippen LogP contribution in [-0.2, 0) is 19.0 Å². The largest absolute Gasteiger partial charge is 0.465 e. The molecule has 0 aliphatic heterocycles. The summed E-state index contributed by atoms with van der Waals surface area (Å²) < 4.78 is 22.2. The molecule has 0 bridgehead atoms. The summed E-state index contributed by atoms with van der Waals surface area (Å²) in [5.41, 5.74) is 1.68. The topological polar surface area (TPSA) is 91.4 Å². The third kappa shape index (κ3) is 6.45. The van der Waals surface area contributed by atoms with Crippen molar-refractivity contribution in [2.24, 2.45) is 11.8 Å². The highest BCUT2D eigenvalue weighted by atomic mass is 32.1. The highest BCUT2D eigenvalue weighted by Crippen LogP contribution is 2.49. The Bertz CT molecular complexity index is 1130. The van der Waals surface area contributed by atoms with Crippen molar-refractivity contribution in [1.82, 2.24) is 0 Å². The van der Waals surface area contributed by atoms with E-state index in [4.69, 9.17) is 18.9 Å². The fraction of sp³-hybridized carbons (Fsp3) is 0.552. The predicted octanol–water partition coefficient (Wildman–Crippen LogP) is 5.84. The van der Waals surface area contributed by atoms with Gasteiger partial charge in [-0.25, -0.2) is 4.79 Å². The molecule has 1 aromatic carbocycles. The van der Waals surface area contributed by atoms with Crippen molar-refractivity contribution >= 4 is 35.2 Å². The van der Waals surface area contributed by atoms with Crippen LogP contribution in [0.25, 0.3) is 0 Å². The van der Waals surface area contributed by atoms with Gasteiger partial charge in [0, 0.05) is 25.7 Å². The molecule has 38 heavy (non-hydrogen) atoms. The zero-order valence-corrected chi connectivity index (χ0v) is 23.4. The number of rotatable bonds is 12. The lowest BCUT2D eigenvalue weighted by Gasteiger charge is -2.36. The zero-order chi connectivity index (χ0) is 27.2. The molecular formula is C29H37NO7S. The molecule has 0 unspecified atom stereocenters. The summed E-state index contributed by atoms with van der Waals surface area (Å²) in [6.07, 6.45) is 6.55. The SMILES string of the molecule is COCC(COC)N(c1ccc(Oc2sc(C=O)cc2C2CC2)cc1C(=O)OC)C(=O)[C@H]1CC[C@H](C)CC1. The van der Waals surface area contributed by atoms with Gasteiger partial charge < -0.3 is 23.8 Å². The fourth-order valence-corrected chi connectivity index (χ4v) is 6.10. The third-order valence-corrected chi connectivity index (χ3v) is 8.36. The number of ether oxygens (including phenoxy) is 4. The minimum atomic E-state index is -0.573. The van der Waals surface area contributed by atoms with Crippen LogP contribution < -0.4 is 9.64 Å². The molecule has 2 aromatic rings. The number of methoxy groups -OCH3 is 3. The van der Waals surface area contributed by atoms with E-state index >= 15 is 0 Å². The molecule has 206 valence electrons. The number of anilines is 1. The number of esters is 1. The van der Waals surface area contributed by atoms with Gasteiger partial charge in [-0.1, -0.05) is 18.3 Å². The lowest BCUT2D eigenvalue weighted by Crippen LogP contribution is -2.49. The molecule has 0 atom stereocenters. The van der Waals surface area contributed by atoms with Crippen LogP contribution in [0.4, 0.5) is 5.69 Å². The van der Waals surface area contributed by atoms with E-state index in [-0.39, 0.29) is 30.6 Å². The monoisotopic (exact) mass is 543 g/mol. The normalized spacial score (nSPS) is 19.3. The molecule has 1 heterocycles. The number of carbonyl (C=O) groups is 3. The second kappa shape index (κ2) is 12.9. The summed E-state index contributed by atoms with van der Waals surface area (Å²) in [6, 6.07) is 6.54. The van der Waals surface area contributed by atoms with Gasteiger partial charge in [0.2, 0.25) is 5.91 Å². The van der Waals surface area contributed by atoms with Crippen LogP contribution in [0.2, 0.25) is 0 Å². The van der Waals surface area contributed by atoms with Crippen molar-refractivity contribution in [1.29, 1.82) is 0 Å². The van der Waals surface area contributed by atoms with Crippen molar-refractivity contribution in [2.75, 3.05) is 39.4 Å². The van der Waals surface area contributed by atoms with Crippen molar-refractivity contribution in [3.63, 3.8) is 0 Å². The standard InChI is InChI=1S/C29H37NO7S/c1-18-5-7-20(8-6-18)27(32)30(21(16-34-2)17-35-3)26-12-11-22(13-25(26)28(33)36-4)37-29-24(19-9-10-19)14-23(15-31)38-29/h11-15,18-21H,5-10,16-17H2,1-4H3/t18-,20-. The van der Waals surface area contributed by atoms with E-state index in [1.54, 1.807) is 37.3 Å². The Morgan fingerprint density at radius 3 is 2.29 bits per heavy atom. The summed E-state index contributed by atoms with van der Waals surface area (Å²) in [4.78, 5) is 40.7. The van der Waals surface area contributed by atoms with E-state index in [9.17, 15) is 14.4 Å². The number of carbonyl (C=O) groups excluding carboxylic acids is 3. The molecule has 4 rings (SSSR count). The van der Waals surface area contributed by atoms with Gasteiger partial charge in [0.15, 0.2) is 11.3 Å². The molecule has 0 saturated heterocycles. The average Bonchev–Trinajstić information content (AvgIpc) is 3.69. The Hall–Kier alpha value is -2.75. The van der Waals surface area contributed by atoms with E-state index in [0.29, 0.717) is 33.2 Å². The number of nitrogens with zero attached hydrogens (tertiary/aromatic N) is 1. The van der Waals surface area contributed by atoms with E-state index in [1.165, 1.54) is 18.4 Å². The molecule has 9 heteroatoms. The van der Waals surface area contributed by atoms with Gasteiger partial charge in [-0.15, -0.1) is 0 Å². The molecule has 0 radical (unpaired) electrons. The van der Waals surface area contributed by atoms with Gasteiger partial charge in [-0.05, 0) is 74.6 Å². The summed E-state index contributed by atoms with van der Waals surface area (Å²) >= 11 is 1.29. The Balaban J connectivity index is 1.72. The summed E-state index contributed by atoms with van der Waals surface area (Å²) in [5, 5.41) is 0.652. The molecule has 0 N–H and O–H groups in total. The second-order valence-corrected chi connectivity index (χ2v) is 11.3. The van der Waals surface area contributed by atoms with Crippen LogP contribution in [0.1, 0.15) is 77.0 Å². The summed E-state index contributed by atoms with van der Waals surface area (Å²) in [5.74, 6) is 0.670. The summed E-state index contributed by atoms with van der Waals surface area (Å²) in [6.45, 7) is 2.71. The van der Waals surface area contributed by atoms with Crippen LogP contribution in [0.15, 0.2) is 24.3 Å². The van der Waals surface area contributed by atoms with Crippen LogP contribution >= 0.6 is 11.3 Å². The van der Waals surface area contributed by atoms with Crippen molar-refractivity contribution in [3.05, 3.63) is 40.3 Å². The number of benzene rings is 1. The Morgan fingerprint density at radius 2 is 1.71 bits per heavy atom. The third-order valence-electron chi connectivity index (χ3n) is 7.41. The van der Waals surface area contributed by atoms with Crippen molar-refractivity contribution in [2.45, 2.75) is 57.4 Å². The van der Waals surface area contributed by atoms with Gasteiger partial charge in [0.05, 0.1) is 42.5 Å². The number of thiophene rings is 1. The summed E-state index contributed by atoms with van der Waals surface area (Å²) in [7, 11) is 4.48. The van der Waals surface area contributed by atoms with Gasteiger partial charge in [-0.3, -0.25) is 9.59 Å². The lowest BCUT2D eigenvalue weighted by atomic mass is 9.82. The second-order valence-electron chi connectivity index (χ2n) is 10.3. The Labute approximate surface area is 228 Å². The molecule has 1 amide bonds. The van der Waals surface area contributed by atoms with E-state index < -0.39 is 12.0 Å². The minimum Gasteiger partial charge on any atom is -0.465 e. The first-order valence-electron chi connectivity index (χ1n) is 13.2. The Kier molecular flexibility index (Phi) is 9.57. The average molecular weight is 544 g/mol. The fourth-order valence-electron chi connectivity index (χ4n) is 5.17. The molecule has 8 nitrogen and oxygen atoms in total.